The number of hydrogen-bond acceptors (Lipinski definition) is 5. The second-order valence-electron chi connectivity index (χ2n) is 8.34. The molecule has 0 atom stereocenters. The lowest BCUT2D eigenvalue weighted by atomic mass is 9.99. The molecular formula is C27H30N2O4. The quantitative estimate of drug-likeness (QED) is 0.532. The van der Waals surface area contributed by atoms with Crippen molar-refractivity contribution >= 4 is 5.91 Å². The number of benzene rings is 2. The first-order valence-electron chi connectivity index (χ1n) is 11.2. The van der Waals surface area contributed by atoms with Gasteiger partial charge < -0.3 is 19.1 Å². The molecule has 0 radical (unpaired) electrons. The minimum absolute atomic E-state index is 0.0442. The summed E-state index contributed by atoms with van der Waals surface area (Å²) in [5.41, 5.74) is 5.08. The molecule has 2 aromatic carbocycles. The maximum Gasteiger partial charge on any atom is 0.256 e. The Bertz CT molecular complexity index is 1120. The van der Waals surface area contributed by atoms with E-state index in [1.54, 1.807) is 14.2 Å². The number of methoxy groups -OCH3 is 2. The Balaban J connectivity index is 1.80. The van der Waals surface area contributed by atoms with E-state index in [0.717, 1.165) is 16.8 Å². The topological polar surface area (TPSA) is 60.9 Å². The van der Waals surface area contributed by atoms with Crippen LogP contribution in [0.3, 0.4) is 0 Å². The minimum Gasteiger partial charge on any atom is -0.493 e. The zero-order valence-corrected chi connectivity index (χ0v) is 19.6. The lowest BCUT2D eigenvalue weighted by molar-refractivity contribution is 0.0303. The number of aromatic nitrogens is 1. The van der Waals surface area contributed by atoms with Crippen LogP contribution < -0.4 is 9.47 Å². The van der Waals surface area contributed by atoms with Crippen molar-refractivity contribution < 1.29 is 19.0 Å². The molecule has 0 spiro atoms. The second-order valence-corrected chi connectivity index (χ2v) is 8.34. The number of amides is 1. The highest BCUT2D eigenvalue weighted by Gasteiger charge is 2.23. The molecule has 1 fully saturated rings. The van der Waals surface area contributed by atoms with Crippen LogP contribution >= 0.6 is 0 Å². The maximum atomic E-state index is 13.4. The fourth-order valence-electron chi connectivity index (χ4n) is 3.97. The second kappa shape index (κ2) is 10.0. The van der Waals surface area contributed by atoms with Crippen LogP contribution in [0.4, 0.5) is 0 Å². The number of nitrogens with zero attached hydrogens (tertiary/aromatic N) is 2. The zero-order valence-electron chi connectivity index (χ0n) is 19.6. The third kappa shape index (κ3) is 4.86. The lowest BCUT2D eigenvalue weighted by Gasteiger charge is -2.27. The van der Waals surface area contributed by atoms with Gasteiger partial charge in [-0.1, -0.05) is 38.1 Å². The number of ether oxygens (including phenoxy) is 3. The van der Waals surface area contributed by atoms with Crippen molar-refractivity contribution in [3.8, 4) is 34.0 Å². The summed E-state index contributed by atoms with van der Waals surface area (Å²) >= 11 is 0. The summed E-state index contributed by atoms with van der Waals surface area (Å²) in [6, 6.07) is 17.8. The Hall–Kier alpha value is -3.38. The van der Waals surface area contributed by atoms with Gasteiger partial charge in [0.1, 0.15) is 0 Å². The molecule has 0 bridgehead atoms. The molecule has 1 saturated heterocycles. The van der Waals surface area contributed by atoms with Gasteiger partial charge in [-0.05, 0) is 41.8 Å². The van der Waals surface area contributed by atoms with E-state index in [4.69, 9.17) is 19.2 Å². The molecule has 0 aliphatic carbocycles. The average molecular weight is 447 g/mol. The minimum atomic E-state index is -0.0442. The van der Waals surface area contributed by atoms with Crippen molar-refractivity contribution in [3.05, 3.63) is 65.7 Å². The highest BCUT2D eigenvalue weighted by molar-refractivity contribution is 6.00. The van der Waals surface area contributed by atoms with E-state index < -0.39 is 0 Å². The molecule has 2 heterocycles. The first kappa shape index (κ1) is 22.8. The summed E-state index contributed by atoms with van der Waals surface area (Å²) in [4.78, 5) is 20.2. The number of pyridine rings is 1. The largest absolute Gasteiger partial charge is 0.493 e. The van der Waals surface area contributed by atoms with Gasteiger partial charge in [-0.25, -0.2) is 4.98 Å². The Morgan fingerprint density at radius 1 is 0.909 bits per heavy atom. The first-order chi connectivity index (χ1) is 16.0. The van der Waals surface area contributed by atoms with Gasteiger partial charge >= 0.3 is 0 Å². The van der Waals surface area contributed by atoms with Crippen LogP contribution in [0.15, 0.2) is 54.6 Å². The van der Waals surface area contributed by atoms with Crippen LogP contribution in [-0.2, 0) is 4.74 Å². The van der Waals surface area contributed by atoms with Crippen LogP contribution in [0.2, 0.25) is 0 Å². The van der Waals surface area contributed by atoms with E-state index in [0.29, 0.717) is 55.0 Å². The highest BCUT2D eigenvalue weighted by Crippen LogP contribution is 2.34. The summed E-state index contributed by atoms with van der Waals surface area (Å²) in [6.45, 7) is 6.59. The molecule has 1 amide bonds. The van der Waals surface area contributed by atoms with Crippen LogP contribution in [0.25, 0.3) is 22.5 Å². The summed E-state index contributed by atoms with van der Waals surface area (Å²) in [6.07, 6.45) is 0. The number of carbonyl (C=O) groups is 1. The average Bonchev–Trinajstić information content (AvgIpc) is 2.88. The normalized spacial score (nSPS) is 13.8. The van der Waals surface area contributed by atoms with Gasteiger partial charge in [0.2, 0.25) is 0 Å². The SMILES string of the molecule is COc1ccc(-c2nc(-c3ccc(C(C)C)cc3)ccc2C(=O)N2CCOCC2)cc1OC. The summed E-state index contributed by atoms with van der Waals surface area (Å²) in [5, 5.41) is 0. The maximum absolute atomic E-state index is 13.4. The van der Waals surface area contributed by atoms with Crippen LogP contribution in [0, 0.1) is 0 Å². The van der Waals surface area contributed by atoms with Gasteiger partial charge in [-0.2, -0.15) is 0 Å². The fraction of sp³-hybridized carbons (Fsp3) is 0.333. The van der Waals surface area contributed by atoms with Crippen molar-refractivity contribution in [2.45, 2.75) is 19.8 Å². The fourth-order valence-corrected chi connectivity index (χ4v) is 3.97. The Labute approximate surface area is 195 Å². The smallest absolute Gasteiger partial charge is 0.256 e. The standard InChI is InChI=1S/C27H30N2O4/c1-18(2)19-5-7-20(8-6-19)23-11-10-22(27(30)29-13-15-33-16-14-29)26(28-23)21-9-12-24(31-3)25(17-21)32-4/h5-12,17-18H,13-16H2,1-4H3. The molecule has 172 valence electrons. The van der Waals surface area contributed by atoms with Crippen molar-refractivity contribution in [2.24, 2.45) is 0 Å². The van der Waals surface area contributed by atoms with Crippen LogP contribution in [0.1, 0.15) is 35.7 Å². The number of hydrogen-bond donors (Lipinski definition) is 0. The van der Waals surface area contributed by atoms with Crippen LogP contribution in [-0.4, -0.2) is 56.3 Å². The van der Waals surface area contributed by atoms with Gasteiger partial charge in [-0.15, -0.1) is 0 Å². The number of morpholine rings is 1. The van der Waals surface area contributed by atoms with Gasteiger partial charge in [0.15, 0.2) is 11.5 Å². The molecule has 1 aliphatic heterocycles. The van der Waals surface area contributed by atoms with Crippen molar-refractivity contribution in [1.82, 2.24) is 9.88 Å². The molecular weight excluding hydrogens is 416 g/mol. The van der Waals surface area contributed by atoms with E-state index in [1.165, 1.54) is 5.56 Å². The molecule has 0 N–H and O–H groups in total. The lowest BCUT2D eigenvalue weighted by Crippen LogP contribution is -2.41. The molecule has 4 rings (SSSR count). The number of rotatable bonds is 6. The third-order valence-corrected chi connectivity index (χ3v) is 5.95. The molecule has 6 heteroatoms. The van der Waals surface area contributed by atoms with Crippen molar-refractivity contribution in [2.75, 3.05) is 40.5 Å². The summed E-state index contributed by atoms with van der Waals surface area (Å²) < 4.78 is 16.3. The van der Waals surface area contributed by atoms with E-state index in [2.05, 4.69) is 38.1 Å². The van der Waals surface area contributed by atoms with Gasteiger partial charge in [0.25, 0.3) is 5.91 Å². The summed E-state index contributed by atoms with van der Waals surface area (Å²) in [7, 11) is 3.20. The van der Waals surface area contributed by atoms with E-state index >= 15 is 0 Å². The summed E-state index contributed by atoms with van der Waals surface area (Å²) in [5.74, 6) is 1.64. The molecule has 0 unspecified atom stereocenters. The molecule has 0 saturated carbocycles. The van der Waals surface area contributed by atoms with Gasteiger partial charge in [-0.3, -0.25) is 4.79 Å². The predicted molar refractivity (Wildman–Crippen MR) is 129 cm³/mol. The predicted octanol–water partition coefficient (Wildman–Crippen LogP) is 5.03. The Morgan fingerprint density at radius 2 is 1.58 bits per heavy atom. The Morgan fingerprint density at radius 3 is 2.21 bits per heavy atom. The van der Waals surface area contributed by atoms with E-state index in [1.807, 2.05) is 35.2 Å². The number of carbonyl (C=O) groups excluding carboxylic acids is 1. The molecule has 1 aromatic heterocycles. The molecule has 1 aliphatic rings. The van der Waals surface area contributed by atoms with Gasteiger partial charge in [0, 0.05) is 24.2 Å². The highest BCUT2D eigenvalue weighted by atomic mass is 16.5. The van der Waals surface area contributed by atoms with E-state index in [-0.39, 0.29) is 5.91 Å². The van der Waals surface area contributed by atoms with E-state index in [9.17, 15) is 4.79 Å². The molecule has 33 heavy (non-hydrogen) atoms. The van der Waals surface area contributed by atoms with Crippen molar-refractivity contribution in [1.29, 1.82) is 0 Å². The van der Waals surface area contributed by atoms with Crippen LogP contribution in [0.5, 0.6) is 11.5 Å². The van der Waals surface area contributed by atoms with Gasteiger partial charge in [0.05, 0.1) is 44.4 Å². The third-order valence-electron chi connectivity index (χ3n) is 5.95. The monoisotopic (exact) mass is 446 g/mol. The first-order valence-corrected chi connectivity index (χ1v) is 11.2. The molecule has 6 nitrogen and oxygen atoms in total. The zero-order chi connectivity index (χ0) is 23.4. The molecule has 3 aromatic rings. The Kier molecular flexibility index (Phi) is 6.94. The van der Waals surface area contributed by atoms with Crippen molar-refractivity contribution in [3.63, 3.8) is 0 Å².